The van der Waals surface area contributed by atoms with Crippen molar-refractivity contribution in [2.45, 2.75) is 19.6 Å². The zero-order valence-electron chi connectivity index (χ0n) is 10.5. The predicted octanol–water partition coefficient (Wildman–Crippen LogP) is 4.46. The molecule has 0 spiro atoms. The molecule has 0 radical (unpaired) electrons. The number of ether oxygens (including phenoxy) is 1. The van der Waals surface area contributed by atoms with Gasteiger partial charge in [0, 0.05) is 17.8 Å². The summed E-state index contributed by atoms with van der Waals surface area (Å²) >= 11 is 0. The highest BCUT2D eigenvalue weighted by molar-refractivity contribution is 5.49. The van der Waals surface area contributed by atoms with Crippen LogP contribution in [0.5, 0.6) is 5.75 Å². The van der Waals surface area contributed by atoms with E-state index in [9.17, 15) is 8.78 Å². The standard InChI is InChI=1S/C15H15F2NO/c1-11(12-6-3-2-4-7-12)18-13-8-5-9-14(10-13)19-15(16)17/h2-11,15,18H,1H3. The van der Waals surface area contributed by atoms with Crippen molar-refractivity contribution in [3.63, 3.8) is 0 Å². The van der Waals surface area contributed by atoms with Crippen LogP contribution in [0.1, 0.15) is 18.5 Å². The summed E-state index contributed by atoms with van der Waals surface area (Å²) < 4.78 is 28.6. The van der Waals surface area contributed by atoms with E-state index in [1.807, 2.05) is 43.3 Å². The molecule has 0 saturated carbocycles. The van der Waals surface area contributed by atoms with Crippen LogP contribution in [0.2, 0.25) is 0 Å². The van der Waals surface area contributed by atoms with Crippen LogP contribution in [-0.2, 0) is 0 Å². The first kappa shape index (κ1) is 13.3. The van der Waals surface area contributed by atoms with Gasteiger partial charge in [0.25, 0.3) is 0 Å². The lowest BCUT2D eigenvalue weighted by atomic mass is 10.1. The third-order valence-electron chi connectivity index (χ3n) is 2.74. The van der Waals surface area contributed by atoms with Crippen molar-refractivity contribution in [1.29, 1.82) is 0 Å². The molecule has 0 heterocycles. The molecule has 0 fully saturated rings. The maximum absolute atomic E-state index is 12.1. The Bertz CT molecular complexity index is 517. The minimum atomic E-state index is -2.80. The topological polar surface area (TPSA) is 21.3 Å². The number of hydrogen-bond donors (Lipinski definition) is 1. The zero-order chi connectivity index (χ0) is 13.7. The Morgan fingerprint density at radius 3 is 2.42 bits per heavy atom. The molecule has 0 aromatic heterocycles. The van der Waals surface area contributed by atoms with Crippen LogP contribution < -0.4 is 10.1 Å². The molecule has 0 aliphatic rings. The average Bonchev–Trinajstić information content (AvgIpc) is 2.39. The van der Waals surface area contributed by atoms with Crippen LogP contribution in [0.25, 0.3) is 0 Å². The van der Waals surface area contributed by atoms with Gasteiger partial charge in [-0.15, -0.1) is 0 Å². The lowest BCUT2D eigenvalue weighted by molar-refractivity contribution is -0.0498. The normalized spacial score (nSPS) is 12.2. The Morgan fingerprint density at radius 2 is 1.74 bits per heavy atom. The van der Waals surface area contributed by atoms with Crippen LogP contribution in [0, 0.1) is 0 Å². The summed E-state index contributed by atoms with van der Waals surface area (Å²) in [5, 5.41) is 3.25. The quantitative estimate of drug-likeness (QED) is 0.859. The zero-order valence-corrected chi connectivity index (χ0v) is 10.5. The van der Waals surface area contributed by atoms with Crippen molar-refractivity contribution in [3.05, 3.63) is 60.2 Å². The van der Waals surface area contributed by atoms with E-state index in [0.717, 1.165) is 11.3 Å². The molecule has 0 bridgehead atoms. The van der Waals surface area contributed by atoms with Gasteiger partial charge in [0.2, 0.25) is 0 Å². The van der Waals surface area contributed by atoms with Gasteiger partial charge in [0.05, 0.1) is 0 Å². The average molecular weight is 263 g/mol. The van der Waals surface area contributed by atoms with Crippen LogP contribution >= 0.6 is 0 Å². The van der Waals surface area contributed by atoms with Gasteiger partial charge in [0.1, 0.15) is 5.75 Å². The van der Waals surface area contributed by atoms with E-state index in [1.54, 1.807) is 12.1 Å². The lowest BCUT2D eigenvalue weighted by Crippen LogP contribution is -2.07. The molecule has 0 aliphatic carbocycles. The molecule has 1 atom stereocenters. The van der Waals surface area contributed by atoms with Crippen LogP contribution in [0.4, 0.5) is 14.5 Å². The van der Waals surface area contributed by atoms with Crippen LogP contribution in [0.3, 0.4) is 0 Å². The molecule has 4 heteroatoms. The SMILES string of the molecule is CC(Nc1cccc(OC(F)F)c1)c1ccccc1. The summed E-state index contributed by atoms with van der Waals surface area (Å²) in [6.45, 7) is -0.794. The van der Waals surface area contributed by atoms with Crippen molar-refractivity contribution in [3.8, 4) is 5.75 Å². The van der Waals surface area contributed by atoms with Crippen molar-refractivity contribution in [2.24, 2.45) is 0 Å². The highest BCUT2D eigenvalue weighted by Crippen LogP contribution is 2.23. The van der Waals surface area contributed by atoms with E-state index in [1.165, 1.54) is 6.07 Å². The van der Waals surface area contributed by atoms with E-state index in [-0.39, 0.29) is 11.8 Å². The molecule has 2 aromatic rings. The first-order valence-corrected chi connectivity index (χ1v) is 6.01. The molecule has 2 nitrogen and oxygen atoms in total. The van der Waals surface area contributed by atoms with E-state index < -0.39 is 6.61 Å². The Hall–Kier alpha value is -2.10. The van der Waals surface area contributed by atoms with Crippen molar-refractivity contribution >= 4 is 5.69 Å². The molecule has 2 rings (SSSR count). The number of halogens is 2. The maximum atomic E-state index is 12.1. The Balaban J connectivity index is 2.06. The van der Waals surface area contributed by atoms with E-state index in [0.29, 0.717) is 0 Å². The summed E-state index contributed by atoms with van der Waals surface area (Å²) in [7, 11) is 0. The van der Waals surface area contributed by atoms with Crippen molar-refractivity contribution in [1.82, 2.24) is 0 Å². The van der Waals surface area contributed by atoms with Gasteiger partial charge in [-0.3, -0.25) is 0 Å². The Kier molecular flexibility index (Phi) is 4.34. The summed E-state index contributed by atoms with van der Waals surface area (Å²) in [6, 6.07) is 16.5. The largest absolute Gasteiger partial charge is 0.435 e. The Morgan fingerprint density at radius 1 is 1.00 bits per heavy atom. The summed E-state index contributed by atoms with van der Waals surface area (Å²) in [5.74, 6) is 0.153. The number of benzene rings is 2. The third kappa shape index (κ3) is 3.95. The van der Waals surface area contributed by atoms with E-state index in [4.69, 9.17) is 0 Å². The smallest absolute Gasteiger partial charge is 0.387 e. The fraction of sp³-hybridized carbons (Fsp3) is 0.200. The molecule has 19 heavy (non-hydrogen) atoms. The first-order valence-electron chi connectivity index (χ1n) is 6.01. The molecule has 0 aliphatic heterocycles. The summed E-state index contributed by atoms with van der Waals surface area (Å²) in [4.78, 5) is 0. The molecule has 100 valence electrons. The second kappa shape index (κ2) is 6.18. The predicted molar refractivity (Wildman–Crippen MR) is 71.6 cm³/mol. The number of rotatable bonds is 5. The fourth-order valence-corrected chi connectivity index (χ4v) is 1.84. The first-order chi connectivity index (χ1) is 9.15. The van der Waals surface area contributed by atoms with Gasteiger partial charge < -0.3 is 10.1 Å². The fourth-order valence-electron chi connectivity index (χ4n) is 1.84. The number of nitrogens with one attached hydrogen (secondary N) is 1. The molecular formula is C15H15F2NO. The second-order valence-electron chi connectivity index (χ2n) is 4.18. The van der Waals surface area contributed by atoms with Gasteiger partial charge in [-0.2, -0.15) is 8.78 Å². The van der Waals surface area contributed by atoms with Crippen molar-refractivity contribution in [2.75, 3.05) is 5.32 Å². The molecule has 2 aromatic carbocycles. The lowest BCUT2D eigenvalue weighted by Gasteiger charge is -2.16. The van der Waals surface area contributed by atoms with Gasteiger partial charge in [-0.1, -0.05) is 36.4 Å². The van der Waals surface area contributed by atoms with Crippen LogP contribution in [-0.4, -0.2) is 6.61 Å². The summed E-state index contributed by atoms with van der Waals surface area (Å²) in [5.41, 5.74) is 1.87. The van der Waals surface area contributed by atoms with Crippen molar-refractivity contribution < 1.29 is 13.5 Å². The molecule has 0 saturated heterocycles. The molecule has 0 amide bonds. The highest BCUT2D eigenvalue weighted by Gasteiger charge is 2.07. The minimum absolute atomic E-state index is 0.0861. The second-order valence-corrected chi connectivity index (χ2v) is 4.18. The highest BCUT2D eigenvalue weighted by atomic mass is 19.3. The number of hydrogen-bond acceptors (Lipinski definition) is 2. The minimum Gasteiger partial charge on any atom is -0.435 e. The monoisotopic (exact) mass is 263 g/mol. The number of alkyl halides is 2. The van der Waals surface area contributed by atoms with E-state index in [2.05, 4.69) is 10.1 Å². The van der Waals surface area contributed by atoms with E-state index >= 15 is 0 Å². The van der Waals surface area contributed by atoms with Crippen LogP contribution in [0.15, 0.2) is 54.6 Å². The van der Waals surface area contributed by atoms with Gasteiger partial charge in [0.15, 0.2) is 0 Å². The Labute approximate surface area is 111 Å². The van der Waals surface area contributed by atoms with Gasteiger partial charge in [-0.25, -0.2) is 0 Å². The molecule has 1 N–H and O–H groups in total. The van der Waals surface area contributed by atoms with Gasteiger partial charge >= 0.3 is 6.61 Å². The maximum Gasteiger partial charge on any atom is 0.387 e. The number of anilines is 1. The molecule has 1 unspecified atom stereocenters. The molecular weight excluding hydrogens is 248 g/mol. The summed E-state index contributed by atoms with van der Waals surface area (Å²) in [6.07, 6.45) is 0. The third-order valence-corrected chi connectivity index (χ3v) is 2.74. The van der Waals surface area contributed by atoms with Gasteiger partial charge in [-0.05, 0) is 24.6 Å².